The summed E-state index contributed by atoms with van der Waals surface area (Å²) in [6.07, 6.45) is 6.24. The van der Waals surface area contributed by atoms with Crippen LogP contribution in [0.15, 0.2) is 97.1 Å². The fraction of sp³-hybridized carbons (Fsp3) is 0.333. The van der Waals surface area contributed by atoms with Crippen molar-refractivity contribution in [1.29, 1.82) is 0 Å². The Morgan fingerprint density at radius 3 is 2.50 bits per heavy atom. The SMILES string of the molecule is O=C1CC/C=C\CN(c2ccc3ccccc3c2)C(=O)[C@H]2N(CCO)C(=O)[C@@H]3[C@@H](C(=O)O[C@@H](c4ccccc4)CN1)[C@H]1C=C[C@]32O1. The van der Waals surface area contributed by atoms with Crippen molar-refractivity contribution in [2.45, 2.75) is 36.7 Å². The number of likely N-dealkylation sites (tertiary alicyclic amines) is 1. The van der Waals surface area contributed by atoms with Crippen LogP contribution in [0.3, 0.4) is 0 Å². The zero-order valence-electron chi connectivity index (χ0n) is 25.2. The van der Waals surface area contributed by atoms with E-state index in [4.69, 9.17) is 9.47 Å². The molecule has 6 atom stereocenters. The number of benzene rings is 3. The zero-order valence-corrected chi connectivity index (χ0v) is 25.2. The van der Waals surface area contributed by atoms with Crippen LogP contribution in [0.25, 0.3) is 10.8 Å². The highest BCUT2D eigenvalue weighted by Crippen LogP contribution is 2.56. The lowest BCUT2D eigenvalue weighted by Crippen LogP contribution is -2.56. The molecule has 2 N–H and O–H groups in total. The van der Waals surface area contributed by atoms with Gasteiger partial charge < -0.3 is 29.7 Å². The maximum absolute atomic E-state index is 14.8. The quantitative estimate of drug-likeness (QED) is 0.339. The number of allylic oxidation sites excluding steroid dienone is 1. The Hall–Kier alpha value is -4.80. The molecule has 3 aromatic carbocycles. The van der Waals surface area contributed by atoms with Crippen LogP contribution in [-0.2, 0) is 28.7 Å². The molecule has 236 valence electrons. The highest BCUT2D eigenvalue weighted by molar-refractivity contribution is 6.06. The highest BCUT2D eigenvalue weighted by Gasteiger charge is 2.73. The number of cyclic esters (lactones) is 1. The van der Waals surface area contributed by atoms with E-state index in [0.29, 0.717) is 17.7 Å². The second-order valence-corrected chi connectivity index (χ2v) is 12.1. The molecule has 3 aromatic rings. The molecule has 3 amide bonds. The molecule has 10 nitrogen and oxygen atoms in total. The third kappa shape index (κ3) is 5.07. The lowest BCUT2D eigenvalue weighted by atomic mass is 9.74. The van der Waals surface area contributed by atoms with E-state index in [1.807, 2.05) is 84.9 Å². The van der Waals surface area contributed by atoms with Crippen molar-refractivity contribution >= 4 is 40.2 Å². The molecule has 2 saturated heterocycles. The summed E-state index contributed by atoms with van der Waals surface area (Å²) in [7, 11) is 0. The summed E-state index contributed by atoms with van der Waals surface area (Å²) in [4.78, 5) is 58.7. The van der Waals surface area contributed by atoms with E-state index in [9.17, 15) is 24.3 Å². The number of amides is 3. The number of anilines is 1. The van der Waals surface area contributed by atoms with E-state index >= 15 is 0 Å². The van der Waals surface area contributed by atoms with Crippen LogP contribution < -0.4 is 10.2 Å². The Kier molecular flexibility index (Phi) is 7.92. The van der Waals surface area contributed by atoms with Gasteiger partial charge in [0.2, 0.25) is 11.8 Å². The summed E-state index contributed by atoms with van der Waals surface area (Å²) in [5.41, 5.74) is -0.0959. The van der Waals surface area contributed by atoms with Gasteiger partial charge in [0.05, 0.1) is 25.2 Å². The number of carbonyl (C=O) groups is 4. The molecular formula is C36H35N3O7. The molecule has 0 aromatic heterocycles. The van der Waals surface area contributed by atoms with Gasteiger partial charge in [-0.2, -0.15) is 0 Å². The first-order valence-corrected chi connectivity index (χ1v) is 15.7. The summed E-state index contributed by atoms with van der Waals surface area (Å²) in [6.45, 7) is -0.237. The minimum absolute atomic E-state index is 0.0592. The van der Waals surface area contributed by atoms with Crippen molar-refractivity contribution < 1.29 is 33.8 Å². The standard InChI is InChI=1S/C36H35N3O7/c40-20-19-39-32-34(43)38(26-15-14-23-9-6-7-12-25(23)21-26)18-8-2-5-13-29(41)37-22-28(24-10-3-1-4-11-24)45-35(44)30-27-16-17-36(32,46-27)31(30)33(39)42/h1-4,6-12,14-17,21,27-28,30-32,40H,5,13,18-20,22H2,(H,37,41)/b8-2-/t27-,28-,30+,31+,32-,36+/m1/s1. The number of hydrogen-bond donors (Lipinski definition) is 2. The van der Waals surface area contributed by atoms with Gasteiger partial charge in [-0.05, 0) is 34.9 Å². The Labute approximate surface area is 266 Å². The molecule has 4 heterocycles. The van der Waals surface area contributed by atoms with Crippen molar-refractivity contribution in [3.63, 3.8) is 0 Å². The first kappa shape index (κ1) is 29.9. The number of nitrogens with zero attached hydrogens (tertiary/aromatic N) is 2. The normalized spacial score (nSPS) is 30.4. The molecule has 4 aliphatic heterocycles. The topological polar surface area (TPSA) is 125 Å². The van der Waals surface area contributed by atoms with Crippen LogP contribution in [0.1, 0.15) is 24.5 Å². The average molecular weight is 622 g/mol. The van der Waals surface area contributed by atoms with Crippen molar-refractivity contribution in [3.05, 3.63) is 103 Å². The number of rotatable bonds is 4. The van der Waals surface area contributed by atoms with Gasteiger partial charge in [0.25, 0.3) is 5.91 Å². The van der Waals surface area contributed by atoms with Crippen molar-refractivity contribution in [3.8, 4) is 0 Å². The number of aliphatic hydroxyl groups excluding tert-OH is 1. The predicted molar refractivity (Wildman–Crippen MR) is 169 cm³/mol. The number of esters is 1. The molecule has 0 radical (unpaired) electrons. The van der Waals surface area contributed by atoms with Gasteiger partial charge in [-0.25, -0.2) is 0 Å². The molecular weight excluding hydrogens is 586 g/mol. The Bertz CT molecular complexity index is 1740. The van der Waals surface area contributed by atoms with Crippen LogP contribution in [0.5, 0.6) is 0 Å². The molecule has 10 heteroatoms. The van der Waals surface area contributed by atoms with Crippen molar-refractivity contribution in [1.82, 2.24) is 10.2 Å². The number of β-amino-alcohol motifs (C(OH)–C–C–N with tert-alkyl or cyclic N) is 1. The van der Waals surface area contributed by atoms with E-state index in [1.165, 1.54) is 4.90 Å². The summed E-state index contributed by atoms with van der Waals surface area (Å²) in [6, 6.07) is 21.5. The van der Waals surface area contributed by atoms with Gasteiger partial charge >= 0.3 is 5.97 Å². The zero-order chi connectivity index (χ0) is 31.8. The largest absolute Gasteiger partial charge is 0.455 e. The minimum atomic E-state index is -1.42. The Morgan fingerprint density at radius 1 is 0.913 bits per heavy atom. The number of carbonyl (C=O) groups excluding carboxylic acids is 4. The first-order valence-electron chi connectivity index (χ1n) is 15.7. The number of hydrogen-bond acceptors (Lipinski definition) is 7. The molecule has 2 fully saturated rings. The van der Waals surface area contributed by atoms with E-state index in [0.717, 1.165) is 10.8 Å². The maximum Gasteiger partial charge on any atom is 0.313 e. The Morgan fingerprint density at radius 2 is 1.70 bits per heavy atom. The number of fused-ring (bicyclic) bond motifs is 3. The smallest absolute Gasteiger partial charge is 0.313 e. The van der Waals surface area contributed by atoms with Gasteiger partial charge in [0.15, 0.2) is 0 Å². The van der Waals surface area contributed by atoms with Gasteiger partial charge in [-0.15, -0.1) is 0 Å². The molecule has 7 rings (SSSR count). The summed E-state index contributed by atoms with van der Waals surface area (Å²) in [5, 5.41) is 14.9. The van der Waals surface area contributed by atoms with Crippen LogP contribution in [0.2, 0.25) is 0 Å². The second kappa shape index (κ2) is 12.2. The maximum atomic E-state index is 14.8. The molecule has 0 aliphatic carbocycles. The summed E-state index contributed by atoms with van der Waals surface area (Å²) in [5.74, 6) is -3.72. The van der Waals surface area contributed by atoms with E-state index < -0.39 is 53.5 Å². The van der Waals surface area contributed by atoms with E-state index in [2.05, 4.69) is 5.32 Å². The molecule has 0 unspecified atom stereocenters. The average Bonchev–Trinajstić information content (AvgIpc) is 3.72. The van der Waals surface area contributed by atoms with Crippen LogP contribution in [0.4, 0.5) is 5.69 Å². The van der Waals surface area contributed by atoms with Gasteiger partial charge in [0.1, 0.15) is 23.7 Å². The van der Waals surface area contributed by atoms with Gasteiger partial charge in [-0.1, -0.05) is 85.0 Å². The fourth-order valence-electron chi connectivity index (χ4n) is 7.30. The predicted octanol–water partition coefficient (Wildman–Crippen LogP) is 3.07. The fourth-order valence-corrected chi connectivity index (χ4v) is 7.30. The molecule has 4 aliphatic rings. The van der Waals surface area contributed by atoms with Crippen LogP contribution in [0, 0.1) is 11.8 Å². The second-order valence-electron chi connectivity index (χ2n) is 12.1. The van der Waals surface area contributed by atoms with E-state index in [-0.39, 0.29) is 38.6 Å². The monoisotopic (exact) mass is 621 g/mol. The third-order valence-electron chi connectivity index (χ3n) is 9.44. The molecule has 46 heavy (non-hydrogen) atoms. The van der Waals surface area contributed by atoms with Crippen molar-refractivity contribution in [2.24, 2.45) is 11.8 Å². The van der Waals surface area contributed by atoms with Gasteiger partial charge in [-0.3, -0.25) is 19.2 Å². The van der Waals surface area contributed by atoms with E-state index in [1.54, 1.807) is 17.1 Å². The van der Waals surface area contributed by atoms with Gasteiger partial charge in [0, 0.05) is 25.2 Å². The Balaban J connectivity index is 1.31. The highest BCUT2D eigenvalue weighted by atomic mass is 16.6. The van der Waals surface area contributed by atoms with Crippen LogP contribution in [-0.4, -0.2) is 77.7 Å². The molecule has 0 saturated carbocycles. The third-order valence-corrected chi connectivity index (χ3v) is 9.44. The molecule has 5 bridgehead atoms. The molecule has 1 spiro atoms. The lowest BCUT2D eigenvalue weighted by molar-refractivity contribution is -0.159. The number of nitrogens with one attached hydrogen (secondary N) is 1. The summed E-state index contributed by atoms with van der Waals surface area (Å²) >= 11 is 0. The number of ether oxygens (including phenoxy) is 2. The first-order chi connectivity index (χ1) is 22.4. The minimum Gasteiger partial charge on any atom is -0.455 e. The van der Waals surface area contributed by atoms with Crippen molar-refractivity contribution in [2.75, 3.05) is 31.1 Å². The summed E-state index contributed by atoms with van der Waals surface area (Å²) < 4.78 is 12.5. The lowest BCUT2D eigenvalue weighted by Gasteiger charge is -2.35. The number of aliphatic hydroxyl groups is 1. The van der Waals surface area contributed by atoms with Crippen LogP contribution >= 0.6 is 0 Å².